The van der Waals surface area contributed by atoms with E-state index in [9.17, 15) is 19.2 Å². The topological polar surface area (TPSA) is 145 Å². The van der Waals surface area contributed by atoms with Gasteiger partial charge < -0.3 is 20.4 Å². The van der Waals surface area contributed by atoms with Crippen LogP contribution in [0.15, 0.2) is 41.3 Å². The van der Waals surface area contributed by atoms with Gasteiger partial charge in [0.1, 0.15) is 18.3 Å². The number of benzene rings is 1. The van der Waals surface area contributed by atoms with E-state index in [0.29, 0.717) is 12.3 Å². The molecule has 2 rings (SSSR count). The Bertz CT molecular complexity index is 1090. The summed E-state index contributed by atoms with van der Waals surface area (Å²) in [6.45, 7) is 5.63. The summed E-state index contributed by atoms with van der Waals surface area (Å²) in [6.07, 6.45) is 3.12. The fraction of sp³-hybridized carbons (Fsp3) is 0.391. The second-order valence-corrected chi connectivity index (χ2v) is 8.34. The van der Waals surface area contributed by atoms with Crippen molar-refractivity contribution in [1.29, 1.82) is 0 Å². The first-order valence-corrected chi connectivity index (χ1v) is 11.3. The molecule has 1 aromatic heterocycles. The normalized spacial score (nSPS) is 11.7. The molecule has 1 aromatic carbocycles. The van der Waals surface area contributed by atoms with E-state index in [4.69, 9.17) is 22.1 Å². The Morgan fingerprint density at radius 3 is 2.59 bits per heavy atom. The second kappa shape index (κ2) is 12.8. The Hall–Kier alpha value is -3.37. The molecule has 34 heavy (non-hydrogen) atoms. The molecule has 0 aliphatic carbocycles. The first kappa shape index (κ1) is 26.9. The first-order valence-electron chi connectivity index (χ1n) is 10.9. The number of carbonyl (C=O) groups excluding carboxylic acids is 3. The molecule has 10 nitrogen and oxygen atoms in total. The average Bonchev–Trinajstić information content (AvgIpc) is 2.78. The highest BCUT2D eigenvalue weighted by molar-refractivity contribution is 6.33. The number of amides is 2. The minimum absolute atomic E-state index is 0.00800. The predicted molar refractivity (Wildman–Crippen MR) is 130 cm³/mol. The molecule has 2 aromatic rings. The SMILES string of the molecule is CCCCOC(=O)CNNC(=O)C(C(C)C)n1cccc(NC(=O)c2ccc(N)c(Cl)c2)c1=O. The molecule has 0 bridgehead atoms. The van der Waals surface area contributed by atoms with Crippen LogP contribution in [-0.4, -0.2) is 35.5 Å². The van der Waals surface area contributed by atoms with E-state index in [2.05, 4.69) is 16.2 Å². The zero-order valence-electron chi connectivity index (χ0n) is 19.4. The van der Waals surface area contributed by atoms with Crippen LogP contribution in [0.25, 0.3) is 0 Å². The van der Waals surface area contributed by atoms with E-state index in [-0.39, 0.29) is 28.7 Å². The number of esters is 1. The summed E-state index contributed by atoms with van der Waals surface area (Å²) in [5.41, 5.74) is 10.6. The van der Waals surface area contributed by atoms with Crippen LogP contribution in [0.4, 0.5) is 11.4 Å². The van der Waals surface area contributed by atoms with Gasteiger partial charge in [-0.3, -0.25) is 24.6 Å². The van der Waals surface area contributed by atoms with Crippen LogP contribution in [0.5, 0.6) is 0 Å². The van der Waals surface area contributed by atoms with Gasteiger partial charge in [0.25, 0.3) is 17.4 Å². The van der Waals surface area contributed by atoms with Gasteiger partial charge in [-0.15, -0.1) is 0 Å². The lowest BCUT2D eigenvalue weighted by molar-refractivity contribution is -0.143. The van der Waals surface area contributed by atoms with E-state index < -0.39 is 29.4 Å². The lowest BCUT2D eigenvalue weighted by Crippen LogP contribution is -2.47. The van der Waals surface area contributed by atoms with Gasteiger partial charge in [-0.05, 0) is 42.7 Å². The molecule has 2 amide bonds. The van der Waals surface area contributed by atoms with Gasteiger partial charge >= 0.3 is 5.97 Å². The molecule has 11 heteroatoms. The van der Waals surface area contributed by atoms with E-state index in [0.717, 1.165) is 12.8 Å². The number of hydrogen-bond acceptors (Lipinski definition) is 7. The molecule has 0 fully saturated rings. The molecule has 0 radical (unpaired) electrons. The zero-order valence-corrected chi connectivity index (χ0v) is 20.1. The van der Waals surface area contributed by atoms with Crippen molar-refractivity contribution < 1.29 is 19.1 Å². The van der Waals surface area contributed by atoms with Crippen LogP contribution < -0.4 is 27.5 Å². The van der Waals surface area contributed by atoms with Gasteiger partial charge in [0, 0.05) is 11.8 Å². The summed E-state index contributed by atoms with van der Waals surface area (Å²) in [4.78, 5) is 50.1. The number of aromatic nitrogens is 1. The van der Waals surface area contributed by atoms with Crippen molar-refractivity contribution >= 4 is 40.8 Å². The monoisotopic (exact) mass is 491 g/mol. The maximum Gasteiger partial charge on any atom is 0.321 e. The van der Waals surface area contributed by atoms with Gasteiger partial charge in [0.2, 0.25) is 0 Å². The number of ether oxygens (including phenoxy) is 1. The molecular formula is C23H30ClN5O5. The van der Waals surface area contributed by atoms with Gasteiger partial charge in [-0.2, -0.15) is 0 Å². The molecule has 0 saturated heterocycles. The number of nitrogens with two attached hydrogens (primary N) is 1. The summed E-state index contributed by atoms with van der Waals surface area (Å²) in [5.74, 6) is -1.85. The van der Waals surface area contributed by atoms with Crippen LogP contribution in [0.1, 0.15) is 50.0 Å². The van der Waals surface area contributed by atoms with Crippen LogP contribution in [0.2, 0.25) is 5.02 Å². The van der Waals surface area contributed by atoms with Crippen LogP contribution >= 0.6 is 11.6 Å². The van der Waals surface area contributed by atoms with Crippen molar-refractivity contribution in [3.8, 4) is 0 Å². The molecule has 0 aliphatic rings. The van der Waals surface area contributed by atoms with E-state index in [1.165, 1.54) is 35.0 Å². The number of halogens is 1. The van der Waals surface area contributed by atoms with Gasteiger partial charge in [-0.25, -0.2) is 5.43 Å². The van der Waals surface area contributed by atoms with Crippen molar-refractivity contribution in [1.82, 2.24) is 15.4 Å². The Labute approximate surface area is 202 Å². The van der Waals surface area contributed by atoms with Gasteiger partial charge in [0.05, 0.1) is 17.3 Å². The molecule has 1 unspecified atom stereocenters. The zero-order chi connectivity index (χ0) is 25.3. The Morgan fingerprint density at radius 2 is 1.94 bits per heavy atom. The average molecular weight is 492 g/mol. The smallest absolute Gasteiger partial charge is 0.321 e. The van der Waals surface area contributed by atoms with E-state index >= 15 is 0 Å². The third-order valence-electron chi connectivity index (χ3n) is 4.89. The fourth-order valence-electron chi connectivity index (χ4n) is 3.10. The van der Waals surface area contributed by atoms with Crippen molar-refractivity contribution in [3.63, 3.8) is 0 Å². The summed E-state index contributed by atoms with van der Waals surface area (Å²) in [6, 6.07) is 6.47. The molecular weight excluding hydrogens is 462 g/mol. The van der Waals surface area contributed by atoms with E-state index in [1.54, 1.807) is 19.9 Å². The maximum absolute atomic E-state index is 13.1. The van der Waals surface area contributed by atoms with Crippen molar-refractivity contribution in [2.45, 2.75) is 39.7 Å². The largest absolute Gasteiger partial charge is 0.465 e. The number of unbranched alkanes of at least 4 members (excludes halogenated alkanes) is 1. The maximum atomic E-state index is 13.1. The number of hydrogen-bond donors (Lipinski definition) is 4. The third-order valence-corrected chi connectivity index (χ3v) is 5.22. The molecule has 1 heterocycles. The Kier molecular flexibility index (Phi) is 10.1. The first-order chi connectivity index (χ1) is 16.1. The van der Waals surface area contributed by atoms with Crippen molar-refractivity contribution in [2.75, 3.05) is 24.2 Å². The number of hydrazine groups is 1. The number of nitrogens with zero attached hydrogens (tertiary/aromatic N) is 1. The molecule has 0 aliphatic heterocycles. The van der Waals surface area contributed by atoms with E-state index in [1.807, 2.05) is 6.92 Å². The van der Waals surface area contributed by atoms with Crippen molar-refractivity contribution in [3.05, 3.63) is 57.5 Å². The fourth-order valence-corrected chi connectivity index (χ4v) is 3.28. The molecule has 0 saturated carbocycles. The van der Waals surface area contributed by atoms with Crippen LogP contribution in [-0.2, 0) is 14.3 Å². The Balaban J connectivity index is 2.12. The number of anilines is 2. The minimum atomic E-state index is -0.904. The number of nitrogens with one attached hydrogen (secondary N) is 3. The lowest BCUT2D eigenvalue weighted by atomic mass is 10.0. The van der Waals surface area contributed by atoms with Crippen molar-refractivity contribution in [2.24, 2.45) is 5.92 Å². The molecule has 5 N–H and O–H groups in total. The van der Waals surface area contributed by atoms with Crippen LogP contribution in [0.3, 0.4) is 0 Å². The molecule has 184 valence electrons. The summed E-state index contributed by atoms with van der Waals surface area (Å²) in [5, 5.41) is 2.77. The summed E-state index contributed by atoms with van der Waals surface area (Å²) in [7, 11) is 0. The Morgan fingerprint density at radius 1 is 1.21 bits per heavy atom. The highest BCUT2D eigenvalue weighted by Gasteiger charge is 2.26. The molecule has 0 spiro atoms. The predicted octanol–water partition coefficient (Wildman–Crippen LogP) is 2.50. The second-order valence-electron chi connectivity index (χ2n) is 7.93. The highest BCUT2D eigenvalue weighted by atomic mass is 35.5. The number of carbonyl (C=O) groups is 3. The summed E-state index contributed by atoms with van der Waals surface area (Å²) >= 11 is 5.97. The van der Waals surface area contributed by atoms with Gasteiger partial charge in [0.15, 0.2) is 0 Å². The lowest BCUT2D eigenvalue weighted by Gasteiger charge is -2.23. The number of pyridine rings is 1. The number of rotatable bonds is 11. The number of nitrogen functional groups attached to an aromatic ring is 1. The standard InChI is InChI=1S/C23H30ClN5O5/c1-4-5-11-34-19(30)13-26-28-22(32)20(14(2)3)29-10-6-7-18(23(29)33)27-21(31)15-8-9-17(25)16(24)12-15/h6-10,12,14,20,26H,4-5,11,13,25H2,1-3H3,(H,27,31)(H,28,32). The minimum Gasteiger partial charge on any atom is -0.465 e. The van der Waals surface area contributed by atoms with Gasteiger partial charge in [-0.1, -0.05) is 38.8 Å². The third kappa shape index (κ3) is 7.32. The summed E-state index contributed by atoms with van der Waals surface area (Å²) < 4.78 is 6.24. The highest BCUT2D eigenvalue weighted by Crippen LogP contribution is 2.21. The quantitative estimate of drug-likeness (QED) is 0.163. The molecule has 1 atom stereocenters. The van der Waals surface area contributed by atoms with Crippen LogP contribution in [0, 0.1) is 5.92 Å².